The monoisotopic (exact) mass is 491 g/mol. The zero-order chi connectivity index (χ0) is 25.2. The number of rotatable bonds is 7. The SMILES string of the molecule is Cc1ccc(-c2cc(CN3CCC(F)CC3)c3cc[nH]c3n2)cc1CN(C=O)C1CCC(=O)NC1=O. The van der Waals surface area contributed by atoms with E-state index < -0.39 is 18.1 Å². The third-order valence-corrected chi connectivity index (χ3v) is 7.27. The van der Waals surface area contributed by atoms with Gasteiger partial charge in [-0.1, -0.05) is 12.1 Å². The summed E-state index contributed by atoms with van der Waals surface area (Å²) in [4.78, 5) is 47.5. The normalized spacial score (nSPS) is 19.4. The van der Waals surface area contributed by atoms with E-state index in [9.17, 15) is 18.8 Å². The molecular formula is C27H30FN5O3. The summed E-state index contributed by atoms with van der Waals surface area (Å²) >= 11 is 0. The standard InChI is InChI=1S/C27H30FN5O3/c1-17-2-3-18(12-19(17)15-33(16-34)24-4-5-25(35)31-27(24)36)23-13-20(22-6-9-29-26(22)30-23)14-32-10-7-21(28)8-11-32/h2-3,6,9,12-13,16,21,24H,4-5,7-8,10-11,14-15H2,1H3,(H,29,30)(H,31,35,36). The third-order valence-electron chi connectivity index (χ3n) is 7.27. The Labute approximate surface area is 208 Å². The van der Waals surface area contributed by atoms with Crippen LogP contribution in [0, 0.1) is 6.92 Å². The van der Waals surface area contributed by atoms with E-state index in [2.05, 4.69) is 21.3 Å². The van der Waals surface area contributed by atoms with Crippen molar-refractivity contribution in [3.8, 4) is 11.3 Å². The van der Waals surface area contributed by atoms with Crippen LogP contribution in [0.2, 0.25) is 0 Å². The molecule has 3 aromatic rings. The predicted molar refractivity (Wildman–Crippen MR) is 133 cm³/mol. The molecule has 0 spiro atoms. The fourth-order valence-corrected chi connectivity index (χ4v) is 5.10. The molecule has 2 saturated heterocycles. The van der Waals surface area contributed by atoms with Crippen molar-refractivity contribution in [2.24, 2.45) is 0 Å². The molecule has 1 aromatic carbocycles. The van der Waals surface area contributed by atoms with Gasteiger partial charge in [-0.3, -0.25) is 24.6 Å². The van der Waals surface area contributed by atoms with Crippen molar-refractivity contribution in [3.63, 3.8) is 0 Å². The predicted octanol–water partition coefficient (Wildman–Crippen LogP) is 3.24. The van der Waals surface area contributed by atoms with E-state index in [0.29, 0.717) is 25.7 Å². The number of aryl methyl sites for hydroxylation is 1. The Hall–Kier alpha value is -3.59. The van der Waals surface area contributed by atoms with Crippen molar-refractivity contribution in [1.29, 1.82) is 0 Å². The number of H-pyrrole nitrogens is 1. The molecule has 2 aromatic heterocycles. The number of carbonyl (C=O) groups excluding carboxylic acids is 3. The summed E-state index contributed by atoms with van der Waals surface area (Å²) in [6.07, 6.45) is 3.50. The van der Waals surface area contributed by atoms with Crippen LogP contribution in [0.5, 0.6) is 0 Å². The number of fused-ring (bicyclic) bond motifs is 1. The molecule has 0 saturated carbocycles. The number of aromatic amines is 1. The fraction of sp³-hybridized carbons (Fsp3) is 0.407. The van der Waals surface area contributed by atoms with Crippen molar-refractivity contribution < 1.29 is 18.8 Å². The topological polar surface area (TPSA) is 98.4 Å². The van der Waals surface area contributed by atoms with Crippen molar-refractivity contribution in [2.75, 3.05) is 13.1 Å². The van der Waals surface area contributed by atoms with Gasteiger partial charge in [-0.05, 0) is 61.1 Å². The number of imide groups is 1. The number of piperidine rings is 2. The molecule has 1 unspecified atom stereocenters. The van der Waals surface area contributed by atoms with Crippen molar-refractivity contribution >= 4 is 29.3 Å². The molecule has 188 valence electrons. The van der Waals surface area contributed by atoms with E-state index in [0.717, 1.165) is 58.6 Å². The molecule has 0 bridgehead atoms. The number of nitrogens with one attached hydrogen (secondary N) is 2. The Morgan fingerprint density at radius 1 is 1.14 bits per heavy atom. The summed E-state index contributed by atoms with van der Waals surface area (Å²) in [5.41, 5.74) is 5.54. The van der Waals surface area contributed by atoms with Crippen LogP contribution in [-0.2, 0) is 27.5 Å². The van der Waals surface area contributed by atoms with Crippen LogP contribution in [0.3, 0.4) is 0 Å². The van der Waals surface area contributed by atoms with Crippen LogP contribution in [0.15, 0.2) is 36.5 Å². The van der Waals surface area contributed by atoms with E-state index in [1.54, 1.807) is 0 Å². The lowest BCUT2D eigenvalue weighted by Crippen LogP contribution is -2.51. The number of amides is 3. The molecule has 4 heterocycles. The molecule has 2 N–H and O–H groups in total. The van der Waals surface area contributed by atoms with Gasteiger partial charge in [-0.25, -0.2) is 9.37 Å². The zero-order valence-corrected chi connectivity index (χ0v) is 20.3. The second kappa shape index (κ2) is 10.2. The van der Waals surface area contributed by atoms with Gasteiger partial charge in [0.2, 0.25) is 18.2 Å². The van der Waals surface area contributed by atoms with Gasteiger partial charge in [-0.15, -0.1) is 0 Å². The first kappa shape index (κ1) is 24.1. The fourth-order valence-electron chi connectivity index (χ4n) is 5.10. The number of pyridine rings is 1. The summed E-state index contributed by atoms with van der Waals surface area (Å²) in [6, 6.07) is 9.44. The van der Waals surface area contributed by atoms with Crippen LogP contribution >= 0.6 is 0 Å². The third kappa shape index (κ3) is 5.02. The maximum atomic E-state index is 13.6. The molecule has 9 heteroatoms. The Morgan fingerprint density at radius 2 is 1.94 bits per heavy atom. The first-order chi connectivity index (χ1) is 17.4. The van der Waals surface area contributed by atoms with E-state index in [1.165, 1.54) is 4.90 Å². The van der Waals surface area contributed by atoms with Crippen LogP contribution in [-0.4, -0.2) is 63.3 Å². The summed E-state index contributed by atoms with van der Waals surface area (Å²) < 4.78 is 13.6. The quantitative estimate of drug-likeness (QED) is 0.391. The van der Waals surface area contributed by atoms with Crippen LogP contribution in [0.1, 0.15) is 42.4 Å². The van der Waals surface area contributed by atoms with Gasteiger partial charge >= 0.3 is 0 Å². The maximum absolute atomic E-state index is 13.6. The second-order valence-electron chi connectivity index (χ2n) is 9.74. The Morgan fingerprint density at radius 3 is 2.69 bits per heavy atom. The summed E-state index contributed by atoms with van der Waals surface area (Å²) in [7, 11) is 0. The lowest BCUT2D eigenvalue weighted by molar-refractivity contribution is -0.141. The van der Waals surface area contributed by atoms with Crippen molar-refractivity contribution in [2.45, 2.75) is 57.9 Å². The minimum atomic E-state index is -0.710. The van der Waals surface area contributed by atoms with Crippen LogP contribution < -0.4 is 5.32 Å². The summed E-state index contributed by atoms with van der Waals surface area (Å²) in [5, 5.41) is 3.38. The van der Waals surface area contributed by atoms with Gasteiger partial charge in [0.25, 0.3) is 0 Å². The molecule has 3 amide bonds. The first-order valence-electron chi connectivity index (χ1n) is 12.4. The molecular weight excluding hydrogens is 461 g/mol. The number of carbonyl (C=O) groups is 3. The van der Waals surface area contributed by atoms with Gasteiger partial charge in [0, 0.05) is 49.7 Å². The molecule has 1 atom stereocenters. The number of halogens is 1. The molecule has 0 radical (unpaired) electrons. The average molecular weight is 492 g/mol. The number of hydrogen-bond acceptors (Lipinski definition) is 5. The van der Waals surface area contributed by atoms with Crippen molar-refractivity contribution in [3.05, 3.63) is 53.2 Å². The second-order valence-corrected chi connectivity index (χ2v) is 9.74. The lowest BCUT2D eigenvalue weighted by atomic mass is 9.99. The number of nitrogens with zero attached hydrogens (tertiary/aromatic N) is 3. The van der Waals surface area contributed by atoms with Gasteiger partial charge in [0.15, 0.2) is 0 Å². The molecule has 2 aliphatic rings. The van der Waals surface area contributed by atoms with Crippen LogP contribution in [0.4, 0.5) is 4.39 Å². The van der Waals surface area contributed by atoms with Gasteiger partial charge in [0.05, 0.1) is 5.69 Å². The first-order valence-corrected chi connectivity index (χ1v) is 12.4. The lowest BCUT2D eigenvalue weighted by Gasteiger charge is -2.30. The average Bonchev–Trinajstić information content (AvgIpc) is 3.34. The molecule has 5 rings (SSSR count). The largest absolute Gasteiger partial charge is 0.346 e. The molecule has 2 aliphatic heterocycles. The van der Waals surface area contributed by atoms with Gasteiger partial charge in [-0.2, -0.15) is 0 Å². The van der Waals surface area contributed by atoms with E-state index >= 15 is 0 Å². The Balaban J connectivity index is 1.42. The molecule has 0 aliphatic carbocycles. The number of likely N-dealkylation sites (tertiary alicyclic amines) is 1. The van der Waals surface area contributed by atoms with E-state index in [1.807, 2.05) is 37.4 Å². The van der Waals surface area contributed by atoms with Gasteiger partial charge < -0.3 is 9.88 Å². The summed E-state index contributed by atoms with van der Waals surface area (Å²) in [5.74, 6) is -0.747. The molecule has 8 nitrogen and oxygen atoms in total. The van der Waals surface area contributed by atoms with Gasteiger partial charge in [0.1, 0.15) is 17.9 Å². The Kier molecular flexibility index (Phi) is 6.82. The highest BCUT2D eigenvalue weighted by molar-refractivity contribution is 6.00. The number of alkyl halides is 1. The number of aromatic nitrogens is 2. The van der Waals surface area contributed by atoms with Crippen LogP contribution in [0.25, 0.3) is 22.3 Å². The molecule has 36 heavy (non-hydrogen) atoms. The van der Waals surface area contributed by atoms with E-state index in [4.69, 9.17) is 4.98 Å². The van der Waals surface area contributed by atoms with Crippen molar-refractivity contribution in [1.82, 2.24) is 25.1 Å². The maximum Gasteiger partial charge on any atom is 0.249 e. The number of hydrogen-bond donors (Lipinski definition) is 2. The van der Waals surface area contributed by atoms with E-state index in [-0.39, 0.29) is 18.9 Å². The minimum Gasteiger partial charge on any atom is -0.346 e. The summed E-state index contributed by atoms with van der Waals surface area (Å²) in [6.45, 7) is 4.42. The minimum absolute atomic E-state index is 0.214. The highest BCUT2D eigenvalue weighted by Gasteiger charge is 2.31. The zero-order valence-electron chi connectivity index (χ0n) is 20.3. The number of benzene rings is 1. The molecule has 2 fully saturated rings. The smallest absolute Gasteiger partial charge is 0.249 e. The highest BCUT2D eigenvalue weighted by atomic mass is 19.1. The highest BCUT2D eigenvalue weighted by Crippen LogP contribution is 2.28. The Bertz CT molecular complexity index is 1300.